The average molecular weight is 233 g/mol. The Morgan fingerprint density at radius 2 is 2.06 bits per heavy atom. The summed E-state index contributed by atoms with van der Waals surface area (Å²) in [5.74, 6) is -0.0563. The van der Waals surface area contributed by atoms with Gasteiger partial charge in [0.25, 0.3) is 5.91 Å². The molecular formula is C12H15N3O2. The second-order valence-corrected chi connectivity index (χ2v) is 4.15. The number of nitrogens with zero attached hydrogens (tertiary/aromatic N) is 3. The Hall–Kier alpha value is -1.91. The van der Waals surface area contributed by atoms with Gasteiger partial charge in [0.05, 0.1) is 0 Å². The van der Waals surface area contributed by atoms with E-state index in [1.165, 1.54) is 0 Å². The topological polar surface area (TPSA) is 53.5 Å². The van der Waals surface area contributed by atoms with Crippen LogP contribution in [0.3, 0.4) is 0 Å². The number of rotatable bonds is 2. The number of carbonyl (C=O) groups excluding carboxylic acids is 2. The molecule has 17 heavy (non-hydrogen) atoms. The lowest BCUT2D eigenvalue weighted by atomic mass is 10.2. The zero-order chi connectivity index (χ0) is 12.3. The van der Waals surface area contributed by atoms with Gasteiger partial charge in [-0.05, 0) is 24.6 Å². The van der Waals surface area contributed by atoms with Crippen LogP contribution >= 0.6 is 0 Å². The Balaban J connectivity index is 2.04. The lowest BCUT2D eigenvalue weighted by Crippen LogP contribution is -2.48. The first kappa shape index (κ1) is 11.6. The molecule has 1 saturated heterocycles. The number of hydrogen-bond donors (Lipinski definition) is 0. The number of piperazine rings is 1. The Morgan fingerprint density at radius 3 is 2.65 bits per heavy atom. The molecule has 0 bridgehead atoms. The van der Waals surface area contributed by atoms with E-state index in [1.807, 2.05) is 13.0 Å². The standard InChI is InChI=1S/C12H15N3O2/c1-10-2-3-13-11(8-10)12(17)15-6-4-14(9-16)5-7-15/h2-3,8-9H,4-7H2,1H3. The molecule has 0 atom stereocenters. The maximum absolute atomic E-state index is 12.1. The van der Waals surface area contributed by atoms with Crippen molar-refractivity contribution in [2.24, 2.45) is 0 Å². The van der Waals surface area contributed by atoms with Gasteiger partial charge in [0.2, 0.25) is 6.41 Å². The molecule has 0 unspecified atom stereocenters. The third-order valence-corrected chi connectivity index (χ3v) is 2.89. The molecule has 1 aliphatic heterocycles. The maximum atomic E-state index is 12.1. The SMILES string of the molecule is Cc1ccnc(C(=O)N2CCN(C=O)CC2)c1. The predicted molar refractivity (Wildman–Crippen MR) is 62.5 cm³/mol. The maximum Gasteiger partial charge on any atom is 0.272 e. The third kappa shape index (κ3) is 2.61. The molecule has 0 aromatic carbocycles. The van der Waals surface area contributed by atoms with E-state index < -0.39 is 0 Å². The molecule has 0 saturated carbocycles. The normalized spacial score (nSPS) is 15.8. The Labute approximate surface area is 100 Å². The van der Waals surface area contributed by atoms with Crippen molar-refractivity contribution >= 4 is 12.3 Å². The van der Waals surface area contributed by atoms with Gasteiger partial charge in [-0.15, -0.1) is 0 Å². The predicted octanol–water partition coefficient (Wildman–Crippen LogP) is 0.304. The van der Waals surface area contributed by atoms with Gasteiger partial charge >= 0.3 is 0 Å². The van der Waals surface area contributed by atoms with Crippen molar-refractivity contribution < 1.29 is 9.59 Å². The first-order valence-corrected chi connectivity index (χ1v) is 5.62. The summed E-state index contributed by atoms with van der Waals surface area (Å²) >= 11 is 0. The molecule has 90 valence electrons. The van der Waals surface area contributed by atoms with Crippen molar-refractivity contribution in [3.05, 3.63) is 29.6 Å². The summed E-state index contributed by atoms with van der Waals surface area (Å²) in [5, 5.41) is 0. The van der Waals surface area contributed by atoms with E-state index in [9.17, 15) is 9.59 Å². The Kier molecular flexibility index (Phi) is 3.37. The fourth-order valence-corrected chi connectivity index (χ4v) is 1.85. The highest BCUT2D eigenvalue weighted by Gasteiger charge is 2.21. The first-order valence-electron chi connectivity index (χ1n) is 5.62. The average Bonchev–Trinajstić information content (AvgIpc) is 2.38. The number of hydrogen-bond acceptors (Lipinski definition) is 3. The van der Waals surface area contributed by atoms with Gasteiger partial charge in [0, 0.05) is 32.4 Å². The summed E-state index contributed by atoms with van der Waals surface area (Å²) in [6.45, 7) is 4.28. The minimum atomic E-state index is -0.0563. The molecule has 5 nitrogen and oxygen atoms in total. The number of carbonyl (C=O) groups is 2. The van der Waals surface area contributed by atoms with Crippen LogP contribution in [0.25, 0.3) is 0 Å². The third-order valence-electron chi connectivity index (χ3n) is 2.89. The van der Waals surface area contributed by atoms with Gasteiger partial charge in [-0.2, -0.15) is 0 Å². The van der Waals surface area contributed by atoms with Crippen LogP contribution < -0.4 is 0 Å². The zero-order valence-electron chi connectivity index (χ0n) is 9.80. The molecule has 0 aliphatic carbocycles. The largest absolute Gasteiger partial charge is 0.342 e. The number of pyridine rings is 1. The molecule has 0 spiro atoms. The van der Waals surface area contributed by atoms with Crippen LogP contribution in [0.15, 0.2) is 18.3 Å². The smallest absolute Gasteiger partial charge is 0.272 e. The number of amides is 2. The quantitative estimate of drug-likeness (QED) is 0.691. The van der Waals surface area contributed by atoms with Crippen molar-refractivity contribution in [2.75, 3.05) is 26.2 Å². The summed E-state index contributed by atoms with van der Waals surface area (Å²) < 4.78 is 0. The molecule has 1 aliphatic rings. The Bertz CT molecular complexity index is 426. The van der Waals surface area contributed by atoms with Crippen molar-refractivity contribution in [3.63, 3.8) is 0 Å². The molecule has 0 radical (unpaired) electrons. The van der Waals surface area contributed by atoms with Gasteiger partial charge in [-0.3, -0.25) is 14.6 Å². The Morgan fingerprint density at radius 1 is 1.35 bits per heavy atom. The summed E-state index contributed by atoms with van der Waals surface area (Å²) in [4.78, 5) is 30.2. The van der Waals surface area contributed by atoms with E-state index >= 15 is 0 Å². The second kappa shape index (κ2) is 4.95. The summed E-state index contributed by atoms with van der Waals surface area (Å²) in [7, 11) is 0. The van der Waals surface area contributed by atoms with E-state index in [-0.39, 0.29) is 5.91 Å². The van der Waals surface area contributed by atoms with Gasteiger partial charge in [-0.1, -0.05) is 0 Å². The van der Waals surface area contributed by atoms with E-state index in [2.05, 4.69) is 4.98 Å². The van der Waals surface area contributed by atoms with Crippen molar-refractivity contribution in [1.82, 2.24) is 14.8 Å². The number of aryl methyl sites for hydroxylation is 1. The van der Waals surface area contributed by atoms with Gasteiger partial charge < -0.3 is 9.80 Å². The zero-order valence-corrected chi connectivity index (χ0v) is 9.80. The molecule has 2 rings (SSSR count). The fraction of sp³-hybridized carbons (Fsp3) is 0.417. The minimum Gasteiger partial charge on any atom is -0.342 e. The van der Waals surface area contributed by atoms with E-state index in [4.69, 9.17) is 0 Å². The molecule has 1 fully saturated rings. The van der Waals surface area contributed by atoms with Gasteiger partial charge in [-0.25, -0.2) is 0 Å². The van der Waals surface area contributed by atoms with Crippen molar-refractivity contribution in [3.8, 4) is 0 Å². The molecule has 0 N–H and O–H groups in total. The minimum absolute atomic E-state index is 0.0563. The molecule has 1 aromatic heterocycles. The van der Waals surface area contributed by atoms with Gasteiger partial charge in [0.1, 0.15) is 5.69 Å². The number of aromatic nitrogens is 1. The van der Waals surface area contributed by atoms with Crippen LogP contribution in [-0.4, -0.2) is 53.3 Å². The van der Waals surface area contributed by atoms with Crippen molar-refractivity contribution in [1.29, 1.82) is 0 Å². The van der Waals surface area contributed by atoms with Crippen LogP contribution in [0, 0.1) is 6.92 Å². The van der Waals surface area contributed by atoms with Crippen LogP contribution in [0.4, 0.5) is 0 Å². The van der Waals surface area contributed by atoms with E-state index in [0.29, 0.717) is 31.9 Å². The highest BCUT2D eigenvalue weighted by atomic mass is 16.2. The van der Waals surface area contributed by atoms with Crippen LogP contribution in [-0.2, 0) is 4.79 Å². The molecule has 2 amide bonds. The fourth-order valence-electron chi connectivity index (χ4n) is 1.85. The van der Waals surface area contributed by atoms with Crippen LogP contribution in [0.2, 0.25) is 0 Å². The monoisotopic (exact) mass is 233 g/mol. The lowest BCUT2D eigenvalue weighted by molar-refractivity contribution is -0.119. The summed E-state index contributed by atoms with van der Waals surface area (Å²) in [6, 6.07) is 3.65. The van der Waals surface area contributed by atoms with Crippen LogP contribution in [0.5, 0.6) is 0 Å². The highest BCUT2D eigenvalue weighted by molar-refractivity contribution is 5.92. The van der Waals surface area contributed by atoms with E-state index in [0.717, 1.165) is 12.0 Å². The summed E-state index contributed by atoms with van der Waals surface area (Å²) in [5.41, 5.74) is 1.50. The first-order chi connectivity index (χ1) is 8.20. The van der Waals surface area contributed by atoms with Crippen LogP contribution in [0.1, 0.15) is 16.1 Å². The highest BCUT2D eigenvalue weighted by Crippen LogP contribution is 2.07. The summed E-state index contributed by atoms with van der Waals surface area (Å²) in [6.07, 6.45) is 2.47. The van der Waals surface area contributed by atoms with Crippen molar-refractivity contribution in [2.45, 2.75) is 6.92 Å². The lowest BCUT2D eigenvalue weighted by Gasteiger charge is -2.32. The molecule has 2 heterocycles. The molecular weight excluding hydrogens is 218 g/mol. The molecule has 1 aromatic rings. The van der Waals surface area contributed by atoms with Gasteiger partial charge in [0.15, 0.2) is 0 Å². The second-order valence-electron chi connectivity index (χ2n) is 4.15. The molecule has 5 heteroatoms. The van der Waals surface area contributed by atoms with E-state index in [1.54, 1.807) is 22.1 Å².